The van der Waals surface area contributed by atoms with E-state index in [9.17, 15) is 14.4 Å². The van der Waals surface area contributed by atoms with Gasteiger partial charge in [0.2, 0.25) is 0 Å². The van der Waals surface area contributed by atoms with Crippen LogP contribution >= 0.6 is 11.3 Å². The summed E-state index contributed by atoms with van der Waals surface area (Å²) in [5.74, 6) is 0.193. The number of methoxy groups -OCH3 is 1. The van der Waals surface area contributed by atoms with Crippen molar-refractivity contribution in [1.29, 1.82) is 5.26 Å². The Morgan fingerprint density at radius 3 is 2.79 bits per heavy atom. The first-order valence-electron chi connectivity index (χ1n) is 9.22. The first-order valence-corrected chi connectivity index (χ1v) is 10.0. The number of carbonyl (C=O) groups is 1. The number of fused-ring (bicyclic) bond motifs is 1. The van der Waals surface area contributed by atoms with Crippen LogP contribution in [-0.2, 0) is 11.3 Å². The van der Waals surface area contributed by atoms with E-state index in [0.29, 0.717) is 53.4 Å². The molecular weight excluding hydrogens is 391 g/mol. The lowest BCUT2D eigenvalue weighted by Crippen LogP contribution is -2.49. The van der Waals surface area contributed by atoms with E-state index < -0.39 is 0 Å². The second-order valence-corrected chi connectivity index (χ2v) is 7.77. The van der Waals surface area contributed by atoms with Gasteiger partial charge in [-0.3, -0.25) is 4.79 Å². The van der Waals surface area contributed by atoms with E-state index in [1.165, 1.54) is 24.5 Å². The number of thiophene rings is 1. The molecule has 1 aromatic carbocycles. The Morgan fingerprint density at radius 1 is 1.28 bits per heavy atom. The maximum absolute atomic E-state index is 14.4. The largest absolute Gasteiger partial charge is 0.380 e. The quantitative estimate of drug-likeness (QED) is 0.659. The van der Waals surface area contributed by atoms with Crippen LogP contribution in [0.1, 0.15) is 20.8 Å². The standard InChI is InChI=1S/C21H19FN4O2S/c1-28-13-15-18-16(22)5-2-6-17(18)29-19(15)21(27)26-10-8-25(9-11-26)20-14(12-23)4-3-7-24-20/h2-7H,8-11,13H2,1H3. The van der Waals surface area contributed by atoms with E-state index in [1.807, 2.05) is 11.0 Å². The minimum Gasteiger partial charge on any atom is -0.380 e. The summed E-state index contributed by atoms with van der Waals surface area (Å²) in [5, 5.41) is 9.75. The topological polar surface area (TPSA) is 69.5 Å². The lowest BCUT2D eigenvalue weighted by molar-refractivity contribution is 0.0747. The van der Waals surface area contributed by atoms with Crippen LogP contribution in [0.3, 0.4) is 0 Å². The smallest absolute Gasteiger partial charge is 0.264 e. The monoisotopic (exact) mass is 410 g/mol. The number of hydrogen-bond acceptors (Lipinski definition) is 6. The lowest BCUT2D eigenvalue weighted by Gasteiger charge is -2.35. The van der Waals surface area contributed by atoms with Gasteiger partial charge in [-0.1, -0.05) is 6.07 Å². The van der Waals surface area contributed by atoms with Gasteiger partial charge < -0.3 is 14.5 Å². The van der Waals surface area contributed by atoms with Gasteiger partial charge in [0.25, 0.3) is 5.91 Å². The molecular formula is C21H19FN4O2S. The van der Waals surface area contributed by atoms with Gasteiger partial charge in [-0.25, -0.2) is 9.37 Å². The third-order valence-corrected chi connectivity index (χ3v) is 6.20. The Morgan fingerprint density at radius 2 is 2.07 bits per heavy atom. The molecule has 0 aliphatic carbocycles. The third-order valence-electron chi connectivity index (χ3n) is 5.02. The number of piperazine rings is 1. The fourth-order valence-corrected chi connectivity index (χ4v) is 4.81. The minimum absolute atomic E-state index is 0.112. The van der Waals surface area contributed by atoms with Crippen molar-refractivity contribution in [1.82, 2.24) is 9.88 Å². The van der Waals surface area contributed by atoms with Gasteiger partial charge in [0.15, 0.2) is 0 Å². The molecule has 1 saturated heterocycles. The number of halogens is 1. The number of ether oxygens (including phenoxy) is 1. The number of nitriles is 1. The molecule has 3 aromatic rings. The number of rotatable bonds is 4. The maximum atomic E-state index is 14.4. The van der Waals surface area contributed by atoms with Crippen molar-refractivity contribution < 1.29 is 13.9 Å². The average Bonchev–Trinajstić information content (AvgIpc) is 3.13. The van der Waals surface area contributed by atoms with E-state index in [1.54, 1.807) is 29.3 Å². The van der Waals surface area contributed by atoms with Gasteiger partial charge in [-0.15, -0.1) is 11.3 Å². The van der Waals surface area contributed by atoms with E-state index >= 15 is 0 Å². The molecule has 4 rings (SSSR count). The second-order valence-electron chi connectivity index (χ2n) is 6.72. The summed E-state index contributed by atoms with van der Waals surface area (Å²) in [4.78, 5) is 21.8. The molecule has 0 N–H and O–H groups in total. The highest BCUT2D eigenvalue weighted by molar-refractivity contribution is 7.21. The molecule has 0 bridgehead atoms. The molecule has 0 saturated carbocycles. The Kier molecular flexibility index (Phi) is 5.43. The molecule has 8 heteroatoms. The summed E-state index contributed by atoms with van der Waals surface area (Å²) in [6, 6.07) is 10.5. The molecule has 3 heterocycles. The number of aromatic nitrogens is 1. The van der Waals surface area contributed by atoms with E-state index in [4.69, 9.17) is 4.74 Å². The van der Waals surface area contributed by atoms with E-state index in [2.05, 4.69) is 11.1 Å². The van der Waals surface area contributed by atoms with Gasteiger partial charge >= 0.3 is 0 Å². The van der Waals surface area contributed by atoms with Gasteiger partial charge in [0, 0.05) is 55.1 Å². The van der Waals surface area contributed by atoms with Crippen molar-refractivity contribution in [2.45, 2.75) is 6.61 Å². The summed E-state index contributed by atoms with van der Waals surface area (Å²) in [5.41, 5.74) is 1.13. The summed E-state index contributed by atoms with van der Waals surface area (Å²) in [6.45, 7) is 2.35. The molecule has 6 nitrogen and oxygen atoms in total. The molecule has 29 heavy (non-hydrogen) atoms. The van der Waals surface area contributed by atoms with Gasteiger partial charge in [0.1, 0.15) is 17.7 Å². The lowest BCUT2D eigenvalue weighted by atomic mass is 10.1. The summed E-state index contributed by atoms with van der Waals surface area (Å²) >= 11 is 1.30. The first-order chi connectivity index (χ1) is 14.1. The maximum Gasteiger partial charge on any atom is 0.264 e. The Hall–Kier alpha value is -3.02. The Labute approximate surface area is 171 Å². The van der Waals surface area contributed by atoms with Crippen molar-refractivity contribution in [2.24, 2.45) is 0 Å². The van der Waals surface area contributed by atoms with Crippen molar-refractivity contribution in [3.63, 3.8) is 0 Å². The molecule has 0 spiro atoms. The highest BCUT2D eigenvalue weighted by Gasteiger charge is 2.28. The number of nitrogens with zero attached hydrogens (tertiary/aromatic N) is 4. The van der Waals surface area contributed by atoms with Crippen LogP contribution in [0.5, 0.6) is 0 Å². The van der Waals surface area contributed by atoms with Crippen molar-refractivity contribution >= 4 is 33.1 Å². The molecule has 1 fully saturated rings. The molecule has 2 aromatic heterocycles. The predicted octanol–water partition coefficient (Wildman–Crippen LogP) is 3.42. The van der Waals surface area contributed by atoms with Crippen LogP contribution in [0.4, 0.5) is 10.2 Å². The van der Waals surface area contributed by atoms with Crippen molar-refractivity contribution in [3.05, 3.63) is 58.3 Å². The summed E-state index contributed by atoms with van der Waals surface area (Å²) in [6.07, 6.45) is 1.66. The summed E-state index contributed by atoms with van der Waals surface area (Å²) in [7, 11) is 1.54. The van der Waals surface area contributed by atoms with Crippen LogP contribution in [-0.4, -0.2) is 49.1 Å². The number of anilines is 1. The SMILES string of the molecule is COCc1c(C(=O)N2CCN(c3ncccc3C#N)CC2)sc2cccc(F)c12. The second kappa shape index (κ2) is 8.15. The fraction of sp³-hybridized carbons (Fsp3) is 0.286. The zero-order valence-corrected chi connectivity index (χ0v) is 16.7. The average molecular weight is 410 g/mol. The zero-order valence-electron chi connectivity index (χ0n) is 15.9. The molecule has 1 aliphatic heterocycles. The van der Waals surface area contributed by atoms with Gasteiger partial charge in [0.05, 0.1) is 17.0 Å². The van der Waals surface area contributed by atoms with Crippen LogP contribution in [0, 0.1) is 17.1 Å². The van der Waals surface area contributed by atoms with E-state index in [-0.39, 0.29) is 18.3 Å². The fourth-order valence-electron chi connectivity index (χ4n) is 3.62. The van der Waals surface area contributed by atoms with Crippen LogP contribution in [0.2, 0.25) is 0 Å². The number of hydrogen-bond donors (Lipinski definition) is 0. The predicted molar refractivity (Wildman–Crippen MR) is 110 cm³/mol. The Balaban J connectivity index is 1.57. The summed E-state index contributed by atoms with van der Waals surface area (Å²) < 4.78 is 20.4. The minimum atomic E-state index is -0.339. The highest BCUT2D eigenvalue weighted by atomic mass is 32.1. The van der Waals surface area contributed by atoms with Crippen LogP contribution in [0.15, 0.2) is 36.5 Å². The number of amides is 1. The molecule has 148 valence electrons. The van der Waals surface area contributed by atoms with Gasteiger partial charge in [-0.2, -0.15) is 5.26 Å². The highest BCUT2D eigenvalue weighted by Crippen LogP contribution is 2.35. The zero-order chi connectivity index (χ0) is 20.4. The number of benzene rings is 1. The van der Waals surface area contributed by atoms with Gasteiger partial charge in [-0.05, 0) is 24.3 Å². The van der Waals surface area contributed by atoms with E-state index in [0.717, 1.165) is 4.70 Å². The first kappa shape index (κ1) is 19.3. The molecule has 0 atom stereocenters. The third kappa shape index (κ3) is 3.55. The molecule has 1 amide bonds. The van der Waals surface area contributed by atoms with Crippen molar-refractivity contribution in [2.75, 3.05) is 38.2 Å². The molecule has 0 radical (unpaired) electrons. The Bertz CT molecular complexity index is 1100. The number of pyridine rings is 1. The normalized spacial score (nSPS) is 14.2. The molecule has 1 aliphatic rings. The van der Waals surface area contributed by atoms with Crippen LogP contribution < -0.4 is 4.90 Å². The van der Waals surface area contributed by atoms with Crippen molar-refractivity contribution in [3.8, 4) is 6.07 Å². The van der Waals surface area contributed by atoms with Crippen LogP contribution in [0.25, 0.3) is 10.1 Å². The number of carbonyl (C=O) groups excluding carboxylic acids is 1. The molecule has 0 unspecified atom stereocenters.